The number of anilines is 1. The molecule has 4 aromatic rings. The Morgan fingerprint density at radius 2 is 1.65 bits per heavy atom. The number of rotatable bonds is 3. The van der Waals surface area contributed by atoms with Crippen molar-refractivity contribution in [3.8, 4) is 11.3 Å². The number of carbonyl (C=O) groups excluding carboxylic acids is 1. The van der Waals surface area contributed by atoms with Gasteiger partial charge in [-0.2, -0.15) is 13.2 Å². The molecule has 1 heterocycles. The number of amides is 1. The van der Waals surface area contributed by atoms with E-state index in [-0.39, 0.29) is 32.3 Å². The van der Waals surface area contributed by atoms with Crippen molar-refractivity contribution in [2.45, 2.75) is 6.18 Å². The van der Waals surface area contributed by atoms with Crippen LogP contribution in [0.1, 0.15) is 15.9 Å². The number of fused-ring (bicyclic) bond motifs is 1. The zero-order valence-electron chi connectivity index (χ0n) is 18.2. The molecule has 0 saturated heterocycles. The third kappa shape index (κ3) is 5.81. The minimum absolute atomic E-state index is 0.0396. The summed E-state index contributed by atoms with van der Waals surface area (Å²) in [6, 6.07) is 12.8. The number of hydrazine groups is 1. The number of hydrogen-bond donors (Lipinski definition) is 3. The molecule has 0 atom stereocenters. The van der Waals surface area contributed by atoms with Gasteiger partial charge in [0.1, 0.15) is 17.3 Å². The lowest BCUT2D eigenvalue weighted by Gasteiger charge is -2.16. The molecular formula is C24H13BrClF5N4OS. The van der Waals surface area contributed by atoms with E-state index in [2.05, 4.69) is 37.1 Å². The number of halogens is 7. The van der Waals surface area contributed by atoms with Crippen molar-refractivity contribution in [3.63, 3.8) is 0 Å². The van der Waals surface area contributed by atoms with Crippen LogP contribution < -0.4 is 16.2 Å². The van der Waals surface area contributed by atoms with Crippen molar-refractivity contribution in [3.05, 3.63) is 92.9 Å². The molecule has 0 spiro atoms. The van der Waals surface area contributed by atoms with E-state index in [4.69, 9.17) is 23.8 Å². The summed E-state index contributed by atoms with van der Waals surface area (Å²) in [7, 11) is 0. The Balaban J connectivity index is 1.73. The van der Waals surface area contributed by atoms with Gasteiger partial charge in [0.25, 0.3) is 5.91 Å². The van der Waals surface area contributed by atoms with Gasteiger partial charge in [0.2, 0.25) is 0 Å². The molecule has 37 heavy (non-hydrogen) atoms. The summed E-state index contributed by atoms with van der Waals surface area (Å²) in [6.45, 7) is 0. The SMILES string of the molecule is O=C(NNC(=S)Nc1c(F)cccc1F)c1cc(-c2ccccc2Br)nc2c(Cl)cc(C(F)(F)F)cc12. The highest BCUT2D eigenvalue weighted by molar-refractivity contribution is 9.10. The number of para-hydroxylation sites is 1. The molecule has 0 fully saturated rings. The topological polar surface area (TPSA) is 66.1 Å². The molecule has 190 valence electrons. The maximum atomic E-state index is 13.9. The van der Waals surface area contributed by atoms with Crippen molar-refractivity contribution in [1.82, 2.24) is 15.8 Å². The van der Waals surface area contributed by atoms with E-state index in [1.807, 2.05) is 0 Å². The van der Waals surface area contributed by atoms with Crippen LogP contribution in [0.4, 0.5) is 27.6 Å². The number of nitrogens with one attached hydrogen (secondary N) is 3. The maximum absolute atomic E-state index is 13.9. The molecule has 3 aromatic carbocycles. The van der Waals surface area contributed by atoms with Crippen LogP contribution in [-0.4, -0.2) is 16.0 Å². The molecule has 5 nitrogen and oxygen atoms in total. The summed E-state index contributed by atoms with van der Waals surface area (Å²) < 4.78 is 68.8. The first kappa shape index (κ1) is 26.7. The zero-order valence-corrected chi connectivity index (χ0v) is 21.3. The van der Waals surface area contributed by atoms with Crippen molar-refractivity contribution in [2.75, 3.05) is 5.32 Å². The van der Waals surface area contributed by atoms with Crippen molar-refractivity contribution >= 4 is 67.4 Å². The molecular weight excluding hydrogens is 603 g/mol. The number of aromatic nitrogens is 1. The maximum Gasteiger partial charge on any atom is 0.416 e. The number of carbonyl (C=O) groups is 1. The van der Waals surface area contributed by atoms with Crippen LogP contribution in [0.25, 0.3) is 22.2 Å². The monoisotopic (exact) mass is 614 g/mol. The highest BCUT2D eigenvalue weighted by atomic mass is 79.9. The van der Waals surface area contributed by atoms with Crippen LogP contribution in [0, 0.1) is 11.6 Å². The van der Waals surface area contributed by atoms with Crippen molar-refractivity contribution in [1.29, 1.82) is 0 Å². The summed E-state index contributed by atoms with van der Waals surface area (Å²) in [4.78, 5) is 17.5. The number of benzene rings is 3. The van der Waals surface area contributed by atoms with Gasteiger partial charge in [-0.3, -0.25) is 15.6 Å². The molecule has 1 amide bonds. The van der Waals surface area contributed by atoms with E-state index < -0.39 is 35.0 Å². The second kappa shape index (κ2) is 10.6. The van der Waals surface area contributed by atoms with Crippen molar-refractivity contribution in [2.24, 2.45) is 0 Å². The first-order valence-corrected chi connectivity index (χ1v) is 11.8. The zero-order chi connectivity index (χ0) is 26.9. The van der Waals surface area contributed by atoms with Crippen LogP contribution in [0.15, 0.2) is 65.1 Å². The van der Waals surface area contributed by atoms with Crippen molar-refractivity contribution < 1.29 is 26.7 Å². The molecule has 0 aliphatic carbocycles. The van der Waals surface area contributed by atoms with Gasteiger partial charge in [0, 0.05) is 15.4 Å². The molecule has 0 bridgehead atoms. The van der Waals surface area contributed by atoms with Gasteiger partial charge in [-0.25, -0.2) is 13.8 Å². The molecule has 4 rings (SSSR count). The standard InChI is InChI=1S/C24H13BrClF5N4OS/c25-15-5-2-1-4-12(15)19-10-14(13-8-11(24(29,30)31)9-16(26)20(13)32-19)22(36)34-35-23(37)33-21-17(27)6-3-7-18(21)28/h1-10H,(H,34,36)(H2,33,35,37). The normalized spacial score (nSPS) is 11.3. The Hall–Kier alpha value is -3.35. The van der Waals surface area contributed by atoms with Gasteiger partial charge in [-0.15, -0.1) is 0 Å². The fourth-order valence-corrected chi connectivity index (χ4v) is 4.29. The number of hydrogen-bond acceptors (Lipinski definition) is 3. The summed E-state index contributed by atoms with van der Waals surface area (Å²) in [5.74, 6) is -2.76. The summed E-state index contributed by atoms with van der Waals surface area (Å²) in [5.41, 5.74) is 3.42. The fourth-order valence-electron chi connectivity index (χ4n) is 3.39. The Morgan fingerprint density at radius 1 is 0.973 bits per heavy atom. The van der Waals surface area contributed by atoms with E-state index in [1.165, 1.54) is 6.07 Å². The van der Waals surface area contributed by atoms with E-state index in [0.29, 0.717) is 10.0 Å². The number of nitrogens with zero attached hydrogens (tertiary/aromatic N) is 1. The van der Waals surface area contributed by atoms with E-state index in [1.54, 1.807) is 24.3 Å². The van der Waals surface area contributed by atoms with Crippen LogP contribution in [-0.2, 0) is 6.18 Å². The van der Waals surface area contributed by atoms with Gasteiger partial charge in [0.15, 0.2) is 5.11 Å². The largest absolute Gasteiger partial charge is 0.416 e. The Kier molecular flexibility index (Phi) is 7.62. The molecule has 0 aliphatic rings. The molecule has 1 aromatic heterocycles. The quantitative estimate of drug-likeness (QED) is 0.129. The smallest absolute Gasteiger partial charge is 0.327 e. The molecule has 3 N–H and O–H groups in total. The first-order valence-electron chi connectivity index (χ1n) is 10.2. The van der Waals surface area contributed by atoms with Gasteiger partial charge >= 0.3 is 6.18 Å². The minimum Gasteiger partial charge on any atom is -0.327 e. The fraction of sp³-hybridized carbons (Fsp3) is 0.0417. The minimum atomic E-state index is -4.74. The number of pyridine rings is 1. The van der Waals surface area contributed by atoms with E-state index >= 15 is 0 Å². The van der Waals surface area contributed by atoms with Crippen LogP contribution in [0.2, 0.25) is 5.02 Å². The predicted molar refractivity (Wildman–Crippen MR) is 138 cm³/mol. The Labute approximate surface area is 225 Å². The summed E-state index contributed by atoms with van der Waals surface area (Å²) >= 11 is 14.5. The third-order valence-corrected chi connectivity index (χ3v) is 6.26. The van der Waals surface area contributed by atoms with Gasteiger partial charge < -0.3 is 5.32 Å². The Bertz CT molecular complexity index is 1530. The van der Waals surface area contributed by atoms with Gasteiger partial charge in [-0.05, 0) is 48.6 Å². The highest BCUT2D eigenvalue weighted by Gasteiger charge is 2.32. The van der Waals surface area contributed by atoms with E-state index in [9.17, 15) is 26.7 Å². The molecule has 13 heteroatoms. The summed E-state index contributed by atoms with van der Waals surface area (Å²) in [5, 5.41) is 1.41. The van der Waals surface area contributed by atoms with Crippen LogP contribution in [0.5, 0.6) is 0 Å². The average Bonchev–Trinajstić information content (AvgIpc) is 2.84. The van der Waals surface area contributed by atoms with Gasteiger partial charge in [-0.1, -0.05) is 51.8 Å². The lowest BCUT2D eigenvalue weighted by atomic mass is 10.0. The second-order valence-electron chi connectivity index (χ2n) is 7.52. The molecule has 0 radical (unpaired) electrons. The molecule has 0 saturated carbocycles. The average molecular weight is 616 g/mol. The van der Waals surface area contributed by atoms with Crippen LogP contribution >= 0.6 is 39.7 Å². The first-order chi connectivity index (χ1) is 17.5. The highest BCUT2D eigenvalue weighted by Crippen LogP contribution is 2.37. The predicted octanol–water partition coefficient (Wildman–Crippen LogP) is 7.25. The molecule has 0 unspecified atom stereocenters. The van der Waals surface area contributed by atoms with E-state index in [0.717, 1.165) is 30.3 Å². The summed E-state index contributed by atoms with van der Waals surface area (Å²) in [6.07, 6.45) is -4.74. The number of alkyl halides is 3. The third-order valence-electron chi connectivity index (χ3n) is 5.08. The van der Waals surface area contributed by atoms with Gasteiger partial charge in [0.05, 0.1) is 27.4 Å². The lowest BCUT2D eigenvalue weighted by Crippen LogP contribution is -2.44. The lowest BCUT2D eigenvalue weighted by molar-refractivity contribution is -0.137. The Morgan fingerprint density at radius 3 is 2.30 bits per heavy atom. The molecule has 0 aliphatic heterocycles. The number of thiocarbonyl (C=S) groups is 1. The second-order valence-corrected chi connectivity index (χ2v) is 9.19. The van der Waals surface area contributed by atoms with Crippen LogP contribution in [0.3, 0.4) is 0 Å².